The summed E-state index contributed by atoms with van der Waals surface area (Å²) in [5.74, 6) is -0.101. The average Bonchev–Trinajstić information content (AvgIpc) is 2.96. The van der Waals surface area contributed by atoms with E-state index in [0.717, 1.165) is 12.8 Å². The number of hydrogen-bond acceptors (Lipinski definition) is 6. The van der Waals surface area contributed by atoms with Crippen molar-refractivity contribution in [2.45, 2.75) is 30.6 Å². The lowest BCUT2D eigenvalue weighted by Gasteiger charge is -2.10. The lowest BCUT2D eigenvalue weighted by atomic mass is 10.2. The summed E-state index contributed by atoms with van der Waals surface area (Å²) < 4.78 is 0. The van der Waals surface area contributed by atoms with E-state index in [1.165, 1.54) is 17.8 Å². The molecule has 5 nitrogen and oxygen atoms in total. The Labute approximate surface area is 109 Å². The molecule has 1 heterocycles. The van der Waals surface area contributed by atoms with Crippen LogP contribution in [0.1, 0.15) is 29.1 Å². The molecule has 1 fully saturated rings. The fraction of sp³-hybridized carbons (Fsp3) is 0.700. The quantitative estimate of drug-likeness (QED) is 0.871. The van der Waals surface area contributed by atoms with Gasteiger partial charge in [-0.2, -0.15) is 11.8 Å². The van der Waals surface area contributed by atoms with Gasteiger partial charge in [0.2, 0.25) is 10.1 Å². The van der Waals surface area contributed by atoms with Crippen molar-refractivity contribution in [3.63, 3.8) is 0 Å². The summed E-state index contributed by atoms with van der Waals surface area (Å²) in [4.78, 5) is 11.9. The molecular weight excluding hydrogens is 256 g/mol. The van der Waals surface area contributed by atoms with Crippen molar-refractivity contribution in [2.75, 3.05) is 18.6 Å². The van der Waals surface area contributed by atoms with Gasteiger partial charge in [-0.15, -0.1) is 10.2 Å². The summed E-state index contributed by atoms with van der Waals surface area (Å²) in [6.45, 7) is 0. The van der Waals surface area contributed by atoms with Crippen LogP contribution in [0.2, 0.25) is 0 Å². The molecule has 2 atom stereocenters. The van der Waals surface area contributed by atoms with Crippen LogP contribution in [0.25, 0.3) is 0 Å². The van der Waals surface area contributed by atoms with E-state index < -0.39 is 0 Å². The maximum atomic E-state index is 11.9. The van der Waals surface area contributed by atoms with Crippen molar-refractivity contribution < 1.29 is 4.79 Å². The van der Waals surface area contributed by atoms with E-state index in [4.69, 9.17) is 0 Å². The van der Waals surface area contributed by atoms with Gasteiger partial charge >= 0.3 is 0 Å². The number of carbonyl (C=O) groups excluding carboxylic acids is 1. The lowest BCUT2D eigenvalue weighted by Crippen LogP contribution is -2.33. The summed E-state index contributed by atoms with van der Waals surface area (Å²) in [5.41, 5.74) is 0. The number of thioether (sulfide) groups is 1. The molecule has 2 N–H and O–H groups in total. The molecule has 1 aromatic heterocycles. The Bertz CT molecular complexity index is 395. The van der Waals surface area contributed by atoms with E-state index in [1.807, 2.05) is 11.8 Å². The lowest BCUT2D eigenvalue weighted by molar-refractivity contribution is 0.0937. The minimum atomic E-state index is -0.101. The summed E-state index contributed by atoms with van der Waals surface area (Å²) in [5, 5.41) is 15.4. The SMILES string of the molecule is CNc1nnc(C(=O)NC2CCC(SC)C2)s1. The third-order valence-electron chi connectivity index (χ3n) is 2.89. The van der Waals surface area contributed by atoms with E-state index in [2.05, 4.69) is 27.1 Å². The van der Waals surface area contributed by atoms with Crippen LogP contribution in [-0.2, 0) is 0 Å². The molecule has 1 amide bonds. The van der Waals surface area contributed by atoms with Crippen molar-refractivity contribution in [1.82, 2.24) is 15.5 Å². The Morgan fingerprint density at radius 2 is 2.29 bits per heavy atom. The highest BCUT2D eigenvalue weighted by Crippen LogP contribution is 2.28. The average molecular weight is 272 g/mol. The van der Waals surface area contributed by atoms with E-state index >= 15 is 0 Å². The van der Waals surface area contributed by atoms with Crippen LogP contribution in [0.3, 0.4) is 0 Å². The number of nitrogens with one attached hydrogen (secondary N) is 2. The second kappa shape index (κ2) is 5.68. The molecule has 7 heteroatoms. The first-order chi connectivity index (χ1) is 8.22. The molecule has 0 aliphatic heterocycles. The van der Waals surface area contributed by atoms with Crippen molar-refractivity contribution in [2.24, 2.45) is 0 Å². The van der Waals surface area contributed by atoms with E-state index in [1.54, 1.807) is 7.05 Å². The summed E-state index contributed by atoms with van der Waals surface area (Å²) in [6.07, 6.45) is 5.43. The summed E-state index contributed by atoms with van der Waals surface area (Å²) in [7, 11) is 1.77. The van der Waals surface area contributed by atoms with Gasteiger partial charge in [0, 0.05) is 18.3 Å². The number of amides is 1. The van der Waals surface area contributed by atoms with Crippen LogP contribution in [0.15, 0.2) is 0 Å². The van der Waals surface area contributed by atoms with Gasteiger partial charge in [-0.1, -0.05) is 11.3 Å². The smallest absolute Gasteiger partial charge is 0.282 e. The van der Waals surface area contributed by atoms with E-state index in [9.17, 15) is 4.79 Å². The van der Waals surface area contributed by atoms with Gasteiger partial charge in [0.05, 0.1) is 0 Å². The minimum Gasteiger partial charge on any atom is -0.363 e. The molecule has 1 saturated carbocycles. The van der Waals surface area contributed by atoms with Crippen LogP contribution in [0, 0.1) is 0 Å². The highest BCUT2D eigenvalue weighted by atomic mass is 32.2. The van der Waals surface area contributed by atoms with Crippen LogP contribution in [-0.4, -0.2) is 40.7 Å². The van der Waals surface area contributed by atoms with Crippen LogP contribution < -0.4 is 10.6 Å². The minimum absolute atomic E-state index is 0.101. The third kappa shape index (κ3) is 3.10. The number of anilines is 1. The first-order valence-electron chi connectivity index (χ1n) is 5.58. The topological polar surface area (TPSA) is 66.9 Å². The molecule has 2 rings (SSSR count). The van der Waals surface area contributed by atoms with Crippen LogP contribution >= 0.6 is 23.1 Å². The molecule has 1 aliphatic rings. The van der Waals surface area contributed by atoms with Gasteiger partial charge in [-0.3, -0.25) is 4.79 Å². The van der Waals surface area contributed by atoms with E-state index in [-0.39, 0.29) is 5.91 Å². The second-order valence-electron chi connectivity index (χ2n) is 4.00. The first kappa shape index (κ1) is 12.6. The first-order valence-corrected chi connectivity index (χ1v) is 7.68. The Kier molecular flexibility index (Phi) is 4.22. The zero-order valence-electron chi connectivity index (χ0n) is 9.90. The predicted molar refractivity (Wildman–Crippen MR) is 71.9 cm³/mol. The zero-order valence-corrected chi connectivity index (χ0v) is 11.5. The molecule has 0 spiro atoms. The molecule has 2 unspecified atom stereocenters. The van der Waals surface area contributed by atoms with Crippen LogP contribution in [0.5, 0.6) is 0 Å². The predicted octanol–water partition coefficient (Wildman–Crippen LogP) is 1.59. The monoisotopic (exact) mass is 272 g/mol. The fourth-order valence-electron chi connectivity index (χ4n) is 1.95. The second-order valence-corrected chi connectivity index (χ2v) is 6.12. The number of rotatable bonds is 4. The number of hydrogen-bond donors (Lipinski definition) is 2. The standard InChI is InChI=1S/C10H16N4OS2/c1-11-10-14-13-9(17-10)8(15)12-6-3-4-7(5-6)16-2/h6-7H,3-5H2,1-2H3,(H,11,14)(H,12,15). The van der Waals surface area contributed by atoms with Gasteiger partial charge in [0.15, 0.2) is 0 Å². The van der Waals surface area contributed by atoms with E-state index in [0.29, 0.717) is 21.4 Å². The molecule has 1 aromatic rings. The molecular formula is C10H16N4OS2. The number of nitrogens with zero attached hydrogens (tertiary/aromatic N) is 2. The molecule has 1 aliphatic carbocycles. The molecule has 0 bridgehead atoms. The molecule has 0 saturated heterocycles. The van der Waals surface area contributed by atoms with Gasteiger partial charge in [-0.05, 0) is 25.5 Å². The number of aromatic nitrogens is 2. The van der Waals surface area contributed by atoms with Crippen LogP contribution in [0.4, 0.5) is 5.13 Å². The molecule has 94 valence electrons. The summed E-state index contributed by atoms with van der Waals surface area (Å²) in [6, 6.07) is 0.293. The number of carbonyl (C=O) groups is 1. The Hall–Kier alpha value is -0.820. The van der Waals surface area contributed by atoms with Crippen molar-refractivity contribution in [1.29, 1.82) is 0 Å². The Morgan fingerprint density at radius 1 is 1.47 bits per heavy atom. The molecule has 0 aromatic carbocycles. The van der Waals surface area contributed by atoms with Gasteiger partial charge < -0.3 is 10.6 Å². The van der Waals surface area contributed by atoms with Crippen molar-refractivity contribution in [3.8, 4) is 0 Å². The van der Waals surface area contributed by atoms with Gasteiger partial charge in [0.25, 0.3) is 5.91 Å². The fourth-order valence-corrected chi connectivity index (χ4v) is 3.35. The van der Waals surface area contributed by atoms with Crippen molar-refractivity contribution >= 4 is 34.1 Å². The molecule has 17 heavy (non-hydrogen) atoms. The van der Waals surface area contributed by atoms with Gasteiger partial charge in [0.1, 0.15) is 0 Å². The summed E-state index contributed by atoms with van der Waals surface area (Å²) >= 11 is 3.16. The van der Waals surface area contributed by atoms with Crippen molar-refractivity contribution in [3.05, 3.63) is 5.01 Å². The third-order valence-corrected chi connectivity index (χ3v) is 4.92. The van der Waals surface area contributed by atoms with Gasteiger partial charge in [-0.25, -0.2) is 0 Å². The Morgan fingerprint density at radius 3 is 2.88 bits per heavy atom. The Balaban J connectivity index is 1.89. The zero-order chi connectivity index (χ0) is 12.3. The highest BCUT2D eigenvalue weighted by molar-refractivity contribution is 7.99. The molecule has 0 radical (unpaired) electrons. The normalized spacial score (nSPS) is 23.6. The highest BCUT2D eigenvalue weighted by Gasteiger charge is 2.26. The maximum Gasteiger partial charge on any atom is 0.282 e. The maximum absolute atomic E-state index is 11.9. The largest absolute Gasteiger partial charge is 0.363 e.